The first kappa shape index (κ1) is 20.9. The largest absolute Gasteiger partial charge is 0.402 e. The van der Waals surface area contributed by atoms with Crippen molar-refractivity contribution in [1.82, 2.24) is 14.8 Å². The van der Waals surface area contributed by atoms with Gasteiger partial charge in [-0.3, -0.25) is 9.78 Å². The summed E-state index contributed by atoms with van der Waals surface area (Å²) in [6, 6.07) is 22.7. The third kappa shape index (κ3) is 4.70. The van der Waals surface area contributed by atoms with Crippen LogP contribution >= 0.6 is 0 Å². The van der Waals surface area contributed by atoms with Gasteiger partial charge in [0.2, 0.25) is 5.43 Å². The normalized spacial score (nSPS) is 12.1. The lowest BCUT2D eigenvalue weighted by Gasteiger charge is -2.12. The zero-order valence-electron chi connectivity index (χ0n) is 17.9. The number of nitrogens with two attached hydrogens (primary N) is 1. The highest BCUT2D eigenvalue weighted by molar-refractivity contribution is 6.08. The monoisotopic (exact) mass is 421 g/mol. The number of aryl methyl sites for hydroxylation is 1. The maximum Gasteiger partial charge on any atom is 0.209 e. The van der Waals surface area contributed by atoms with Crippen molar-refractivity contribution in [1.29, 1.82) is 0 Å². The zero-order valence-corrected chi connectivity index (χ0v) is 17.9. The van der Waals surface area contributed by atoms with Crippen molar-refractivity contribution in [2.45, 2.75) is 13.8 Å². The van der Waals surface area contributed by atoms with Gasteiger partial charge in [0.1, 0.15) is 0 Å². The van der Waals surface area contributed by atoms with E-state index in [1.54, 1.807) is 30.1 Å². The first-order valence-electron chi connectivity index (χ1n) is 10.2. The molecule has 0 saturated heterocycles. The van der Waals surface area contributed by atoms with Crippen LogP contribution in [-0.4, -0.2) is 20.5 Å². The molecule has 2 aromatic heterocycles. The van der Waals surface area contributed by atoms with Crippen molar-refractivity contribution in [3.8, 4) is 16.9 Å². The fraction of sp³-hybridized carbons (Fsp3) is 0.0769. The van der Waals surface area contributed by atoms with Gasteiger partial charge in [-0.15, -0.1) is 0 Å². The van der Waals surface area contributed by atoms with Gasteiger partial charge in [0.15, 0.2) is 5.69 Å². The van der Waals surface area contributed by atoms with Crippen LogP contribution in [0.2, 0.25) is 0 Å². The van der Waals surface area contributed by atoms with Gasteiger partial charge in [-0.1, -0.05) is 30.3 Å². The Hall–Kier alpha value is -4.32. The van der Waals surface area contributed by atoms with E-state index in [0.717, 1.165) is 22.5 Å². The number of hydrogen-bond donors (Lipinski definition) is 1. The topological polar surface area (TPSA) is 86.2 Å². The van der Waals surface area contributed by atoms with Crippen molar-refractivity contribution < 1.29 is 0 Å². The summed E-state index contributed by atoms with van der Waals surface area (Å²) in [4.78, 5) is 21.7. The summed E-state index contributed by atoms with van der Waals surface area (Å²) in [5, 5.41) is 4.61. The van der Waals surface area contributed by atoms with Gasteiger partial charge in [0.25, 0.3) is 0 Å². The van der Waals surface area contributed by atoms with E-state index in [1.165, 1.54) is 6.07 Å². The third-order valence-corrected chi connectivity index (χ3v) is 4.83. The molecule has 32 heavy (non-hydrogen) atoms. The number of aromatic nitrogens is 3. The van der Waals surface area contributed by atoms with Crippen LogP contribution in [0, 0.1) is 6.92 Å². The number of aliphatic imine (C=N–C) groups is 1. The Morgan fingerprint density at radius 1 is 1.03 bits per heavy atom. The Morgan fingerprint density at radius 3 is 2.50 bits per heavy atom. The molecule has 0 radical (unpaired) electrons. The molecule has 0 atom stereocenters. The van der Waals surface area contributed by atoms with Crippen molar-refractivity contribution in [2.24, 2.45) is 10.7 Å². The van der Waals surface area contributed by atoms with Crippen molar-refractivity contribution >= 4 is 11.4 Å². The molecule has 4 aromatic rings. The SMILES string of the molecule is CC(N)=CC(=Nc1ccccc1)c1nn(-c2ccc(-c3ccccn3)cc2C)ccc1=O. The van der Waals surface area contributed by atoms with Gasteiger partial charge in [-0.2, -0.15) is 5.10 Å². The average molecular weight is 422 g/mol. The van der Waals surface area contributed by atoms with Gasteiger partial charge in [-0.25, -0.2) is 9.67 Å². The number of hydrogen-bond acceptors (Lipinski definition) is 5. The van der Waals surface area contributed by atoms with Crippen LogP contribution in [0.25, 0.3) is 16.9 Å². The molecule has 0 saturated carbocycles. The van der Waals surface area contributed by atoms with E-state index in [1.807, 2.05) is 67.6 Å². The van der Waals surface area contributed by atoms with Gasteiger partial charge < -0.3 is 5.73 Å². The zero-order chi connectivity index (χ0) is 22.5. The lowest BCUT2D eigenvalue weighted by molar-refractivity contribution is 0.823. The molecular weight excluding hydrogens is 398 g/mol. The van der Waals surface area contributed by atoms with Crippen LogP contribution in [0.3, 0.4) is 0 Å². The molecule has 0 unspecified atom stereocenters. The molecule has 0 spiro atoms. The number of rotatable bonds is 5. The minimum atomic E-state index is -0.226. The lowest BCUT2D eigenvalue weighted by Crippen LogP contribution is -2.21. The minimum absolute atomic E-state index is 0.226. The molecule has 4 rings (SSSR count). The summed E-state index contributed by atoms with van der Waals surface area (Å²) >= 11 is 0. The molecule has 0 bridgehead atoms. The molecule has 0 aliphatic heterocycles. The fourth-order valence-corrected chi connectivity index (χ4v) is 3.34. The predicted octanol–water partition coefficient (Wildman–Crippen LogP) is 4.59. The Balaban J connectivity index is 1.79. The Morgan fingerprint density at radius 2 is 1.81 bits per heavy atom. The molecule has 0 amide bonds. The summed E-state index contributed by atoms with van der Waals surface area (Å²) in [7, 11) is 0. The number of nitrogens with zero attached hydrogens (tertiary/aromatic N) is 4. The summed E-state index contributed by atoms with van der Waals surface area (Å²) in [6.07, 6.45) is 5.10. The molecule has 2 N–H and O–H groups in total. The van der Waals surface area contributed by atoms with Crippen LogP contribution in [0.1, 0.15) is 18.2 Å². The number of para-hydroxylation sites is 1. The second-order valence-corrected chi connectivity index (χ2v) is 7.41. The van der Waals surface area contributed by atoms with Gasteiger partial charge in [0, 0.05) is 29.7 Å². The smallest absolute Gasteiger partial charge is 0.209 e. The van der Waals surface area contributed by atoms with Gasteiger partial charge in [0.05, 0.1) is 22.8 Å². The third-order valence-electron chi connectivity index (χ3n) is 4.83. The Labute approximate surface area is 186 Å². The Kier molecular flexibility index (Phi) is 6.03. The van der Waals surface area contributed by atoms with E-state index in [2.05, 4.69) is 21.1 Å². The Bertz CT molecular complexity index is 1350. The first-order valence-corrected chi connectivity index (χ1v) is 10.2. The quantitative estimate of drug-likeness (QED) is 0.478. The molecular formula is C26H23N5O. The summed E-state index contributed by atoms with van der Waals surface area (Å²) in [6.45, 7) is 3.76. The number of allylic oxidation sites excluding steroid dienone is 2. The second kappa shape index (κ2) is 9.22. The maximum atomic E-state index is 12.7. The van der Waals surface area contributed by atoms with Crippen LogP contribution < -0.4 is 11.2 Å². The fourth-order valence-electron chi connectivity index (χ4n) is 3.34. The predicted molar refractivity (Wildman–Crippen MR) is 128 cm³/mol. The van der Waals surface area contributed by atoms with E-state index < -0.39 is 0 Å². The summed E-state index contributed by atoms with van der Waals surface area (Å²) < 4.78 is 1.69. The summed E-state index contributed by atoms with van der Waals surface area (Å²) in [5.41, 5.74) is 11.4. The van der Waals surface area contributed by atoms with Crippen LogP contribution in [0.5, 0.6) is 0 Å². The van der Waals surface area contributed by atoms with E-state index >= 15 is 0 Å². The molecule has 6 nitrogen and oxygen atoms in total. The minimum Gasteiger partial charge on any atom is -0.402 e. The standard InChI is InChI=1S/C26H23N5O/c1-18-16-20(22-10-6-7-14-28-22)11-12-24(18)31-15-13-25(32)26(30-31)23(17-19(2)27)29-21-8-4-3-5-9-21/h3-17H,27H2,1-2H3. The van der Waals surface area contributed by atoms with Crippen molar-refractivity contribution in [2.75, 3.05) is 0 Å². The highest BCUT2D eigenvalue weighted by Crippen LogP contribution is 2.22. The number of pyridine rings is 1. The molecule has 0 aliphatic rings. The summed E-state index contributed by atoms with van der Waals surface area (Å²) in [5.74, 6) is 0. The van der Waals surface area contributed by atoms with Crippen LogP contribution in [-0.2, 0) is 0 Å². The molecule has 0 fully saturated rings. The van der Waals surface area contributed by atoms with Crippen molar-refractivity contribution in [3.05, 3.63) is 118 Å². The van der Waals surface area contributed by atoms with Gasteiger partial charge >= 0.3 is 0 Å². The first-order chi connectivity index (χ1) is 15.5. The van der Waals surface area contributed by atoms with Gasteiger partial charge in [-0.05, 0) is 61.9 Å². The van der Waals surface area contributed by atoms with E-state index in [0.29, 0.717) is 17.1 Å². The second-order valence-electron chi connectivity index (χ2n) is 7.41. The molecule has 2 heterocycles. The molecule has 6 heteroatoms. The van der Waals surface area contributed by atoms with Crippen LogP contribution in [0.4, 0.5) is 5.69 Å². The molecule has 0 aliphatic carbocycles. The average Bonchev–Trinajstić information content (AvgIpc) is 2.80. The molecule has 2 aromatic carbocycles. The van der Waals surface area contributed by atoms with E-state index in [4.69, 9.17) is 5.73 Å². The van der Waals surface area contributed by atoms with Crippen molar-refractivity contribution in [3.63, 3.8) is 0 Å². The van der Waals surface area contributed by atoms with E-state index in [9.17, 15) is 4.79 Å². The highest BCUT2D eigenvalue weighted by atomic mass is 16.1. The van der Waals surface area contributed by atoms with Crippen LogP contribution in [0.15, 0.2) is 107 Å². The molecule has 158 valence electrons. The maximum absolute atomic E-state index is 12.7. The lowest BCUT2D eigenvalue weighted by atomic mass is 10.1. The van der Waals surface area contributed by atoms with E-state index in [-0.39, 0.29) is 11.1 Å². The highest BCUT2D eigenvalue weighted by Gasteiger charge is 2.12. The number of benzene rings is 2.